The lowest BCUT2D eigenvalue weighted by molar-refractivity contribution is 0.679. The van der Waals surface area contributed by atoms with Crippen molar-refractivity contribution in [2.45, 2.75) is 39.0 Å². The molecule has 2 N–H and O–H groups in total. The zero-order chi connectivity index (χ0) is 14.2. The van der Waals surface area contributed by atoms with Crippen LogP contribution >= 0.6 is 0 Å². The fourth-order valence-corrected chi connectivity index (χ4v) is 2.38. The molecule has 0 aromatic carbocycles. The van der Waals surface area contributed by atoms with Crippen molar-refractivity contribution in [3.63, 3.8) is 0 Å². The summed E-state index contributed by atoms with van der Waals surface area (Å²) in [4.78, 5) is 8.80. The van der Waals surface area contributed by atoms with Gasteiger partial charge in [0, 0.05) is 24.8 Å². The topological polar surface area (TPSA) is 49.8 Å². The van der Waals surface area contributed by atoms with Crippen LogP contribution in [0.2, 0.25) is 0 Å². The molecule has 4 heteroatoms. The highest BCUT2D eigenvalue weighted by atomic mass is 15.1. The number of rotatable bonds is 7. The number of hydrogen-bond donors (Lipinski definition) is 2. The summed E-state index contributed by atoms with van der Waals surface area (Å²) < 4.78 is 0. The van der Waals surface area contributed by atoms with Gasteiger partial charge in [-0.05, 0) is 39.0 Å². The smallest absolute Gasteiger partial charge is 0.225 e. The summed E-state index contributed by atoms with van der Waals surface area (Å²) in [5, 5.41) is 6.52. The van der Waals surface area contributed by atoms with Crippen LogP contribution in [0.5, 0.6) is 0 Å². The van der Waals surface area contributed by atoms with E-state index < -0.39 is 0 Å². The second kappa shape index (κ2) is 7.68. The van der Waals surface area contributed by atoms with Crippen LogP contribution in [0.15, 0.2) is 30.4 Å². The average Bonchev–Trinajstić information content (AvgIpc) is 2.46. The summed E-state index contributed by atoms with van der Waals surface area (Å²) in [6, 6.07) is 1.98. The molecule has 0 atom stereocenters. The molecule has 0 bridgehead atoms. The minimum atomic E-state index is 0.657. The maximum atomic E-state index is 4.45. The van der Waals surface area contributed by atoms with Crippen molar-refractivity contribution in [3.8, 4) is 0 Å². The van der Waals surface area contributed by atoms with E-state index in [1.54, 1.807) is 11.6 Å². The molecule has 2 rings (SSSR count). The molecule has 0 radical (unpaired) electrons. The minimum absolute atomic E-state index is 0.657. The van der Waals surface area contributed by atoms with E-state index in [0.717, 1.165) is 24.5 Å². The number of anilines is 2. The van der Waals surface area contributed by atoms with Crippen LogP contribution in [0.25, 0.3) is 0 Å². The number of aryl methyl sites for hydroxylation is 1. The number of nitrogens with one attached hydrogen (secondary N) is 2. The molecular weight excluding hydrogens is 248 g/mol. The van der Waals surface area contributed by atoms with Crippen LogP contribution in [-0.2, 0) is 0 Å². The Morgan fingerprint density at radius 1 is 1.30 bits per heavy atom. The van der Waals surface area contributed by atoms with Crippen molar-refractivity contribution in [2.75, 3.05) is 23.7 Å². The molecule has 108 valence electrons. The van der Waals surface area contributed by atoms with Gasteiger partial charge in [0.05, 0.1) is 0 Å². The molecule has 0 fully saturated rings. The zero-order valence-corrected chi connectivity index (χ0v) is 12.3. The molecule has 1 aromatic heterocycles. The summed E-state index contributed by atoms with van der Waals surface area (Å²) >= 11 is 0. The van der Waals surface area contributed by atoms with Gasteiger partial charge in [-0.2, -0.15) is 4.98 Å². The number of aromatic nitrogens is 2. The van der Waals surface area contributed by atoms with Crippen molar-refractivity contribution < 1.29 is 0 Å². The van der Waals surface area contributed by atoms with Crippen molar-refractivity contribution in [3.05, 3.63) is 36.1 Å². The summed E-state index contributed by atoms with van der Waals surface area (Å²) in [5.74, 6) is 1.55. The van der Waals surface area contributed by atoms with Gasteiger partial charge in [-0.15, -0.1) is 6.58 Å². The Morgan fingerprint density at radius 3 is 2.95 bits per heavy atom. The fourth-order valence-electron chi connectivity index (χ4n) is 2.38. The molecule has 0 spiro atoms. The summed E-state index contributed by atoms with van der Waals surface area (Å²) in [6.07, 6.45) is 10.5. The highest BCUT2D eigenvalue weighted by molar-refractivity contribution is 5.42. The molecule has 0 aliphatic heterocycles. The van der Waals surface area contributed by atoms with Crippen molar-refractivity contribution in [1.29, 1.82) is 0 Å². The lowest BCUT2D eigenvalue weighted by atomic mass is 9.97. The SMILES string of the molecule is C=CCNc1nc(C)cc(NCCC2=CCCCC2)n1. The largest absolute Gasteiger partial charge is 0.370 e. The lowest BCUT2D eigenvalue weighted by Gasteiger charge is -2.13. The minimum Gasteiger partial charge on any atom is -0.370 e. The van der Waals surface area contributed by atoms with Gasteiger partial charge < -0.3 is 10.6 Å². The highest BCUT2D eigenvalue weighted by Gasteiger charge is 2.04. The van der Waals surface area contributed by atoms with E-state index in [1.165, 1.54) is 25.7 Å². The third-order valence-electron chi connectivity index (χ3n) is 3.40. The molecular formula is C16H24N4. The van der Waals surface area contributed by atoms with E-state index in [4.69, 9.17) is 0 Å². The molecule has 1 aliphatic rings. The molecule has 20 heavy (non-hydrogen) atoms. The van der Waals surface area contributed by atoms with Gasteiger partial charge >= 0.3 is 0 Å². The zero-order valence-electron chi connectivity index (χ0n) is 12.3. The van der Waals surface area contributed by atoms with Gasteiger partial charge in [0.15, 0.2) is 0 Å². The number of nitrogens with zero attached hydrogens (tertiary/aromatic N) is 2. The van der Waals surface area contributed by atoms with Gasteiger partial charge in [0.25, 0.3) is 0 Å². The maximum Gasteiger partial charge on any atom is 0.225 e. The first-order valence-electron chi connectivity index (χ1n) is 7.40. The second-order valence-corrected chi connectivity index (χ2v) is 5.17. The van der Waals surface area contributed by atoms with Crippen LogP contribution in [0.4, 0.5) is 11.8 Å². The van der Waals surface area contributed by atoms with Gasteiger partial charge in [-0.1, -0.05) is 17.7 Å². The van der Waals surface area contributed by atoms with Gasteiger partial charge in [0.2, 0.25) is 5.95 Å². The Balaban J connectivity index is 1.86. The number of allylic oxidation sites excluding steroid dienone is 1. The third kappa shape index (κ3) is 4.68. The molecule has 1 aromatic rings. The first-order valence-corrected chi connectivity index (χ1v) is 7.40. The molecule has 0 amide bonds. The van der Waals surface area contributed by atoms with Gasteiger partial charge in [-0.25, -0.2) is 4.98 Å². The second-order valence-electron chi connectivity index (χ2n) is 5.17. The highest BCUT2D eigenvalue weighted by Crippen LogP contribution is 2.20. The van der Waals surface area contributed by atoms with Crippen molar-refractivity contribution in [2.24, 2.45) is 0 Å². The third-order valence-corrected chi connectivity index (χ3v) is 3.40. The summed E-state index contributed by atoms with van der Waals surface area (Å²) in [7, 11) is 0. The van der Waals surface area contributed by atoms with E-state index in [2.05, 4.69) is 33.3 Å². The number of hydrogen-bond acceptors (Lipinski definition) is 4. The molecule has 0 saturated heterocycles. The Bertz CT molecular complexity index is 479. The molecule has 0 unspecified atom stereocenters. The normalized spacial score (nSPS) is 14.6. The van der Waals surface area contributed by atoms with E-state index >= 15 is 0 Å². The van der Waals surface area contributed by atoms with Gasteiger partial charge in [-0.3, -0.25) is 0 Å². The Morgan fingerprint density at radius 2 is 2.20 bits per heavy atom. The summed E-state index contributed by atoms with van der Waals surface area (Å²) in [5.41, 5.74) is 2.55. The van der Waals surface area contributed by atoms with Gasteiger partial charge in [0.1, 0.15) is 5.82 Å². The Kier molecular flexibility index (Phi) is 5.59. The first kappa shape index (κ1) is 14.6. The monoisotopic (exact) mass is 272 g/mol. The lowest BCUT2D eigenvalue weighted by Crippen LogP contribution is -2.09. The quantitative estimate of drug-likeness (QED) is 0.743. The molecule has 1 heterocycles. The van der Waals surface area contributed by atoms with Crippen molar-refractivity contribution >= 4 is 11.8 Å². The molecule has 1 aliphatic carbocycles. The van der Waals surface area contributed by atoms with Crippen LogP contribution in [0.1, 0.15) is 37.8 Å². The average molecular weight is 272 g/mol. The van der Waals surface area contributed by atoms with E-state index in [0.29, 0.717) is 12.5 Å². The molecule has 0 saturated carbocycles. The van der Waals surface area contributed by atoms with Crippen LogP contribution in [0, 0.1) is 6.92 Å². The van der Waals surface area contributed by atoms with E-state index in [-0.39, 0.29) is 0 Å². The van der Waals surface area contributed by atoms with Crippen LogP contribution in [0.3, 0.4) is 0 Å². The fraction of sp³-hybridized carbons (Fsp3) is 0.500. The van der Waals surface area contributed by atoms with Crippen molar-refractivity contribution in [1.82, 2.24) is 9.97 Å². The van der Waals surface area contributed by atoms with E-state index in [1.807, 2.05) is 13.0 Å². The van der Waals surface area contributed by atoms with Crippen LogP contribution in [-0.4, -0.2) is 23.1 Å². The predicted octanol–water partition coefficient (Wildman–Crippen LogP) is 3.69. The first-order chi connectivity index (χ1) is 9.78. The van der Waals surface area contributed by atoms with E-state index in [9.17, 15) is 0 Å². The Hall–Kier alpha value is -1.84. The Labute approximate surface area is 121 Å². The maximum absolute atomic E-state index is 4.45. The summed E-state index contributed by atoms with van der Waals surface area (Å²) in [6.45, 7) is 7.27. The molecule has 4 nitrogen and oxygen atoms in total. The predicted molar refractivity (Wildman–Crippen MR) is 85.1 cm³/mol. The van der Waals surface area contributed by atoms with Crippen LogP contribution < -0.4 is 10.6 Å². The standard InChI is InChI=1S/C16H24N4/c1-3-10-18-16-19-13(2)12-15(20-16)17-11-9-14-7-5-4-6-8-14/h3,7,12H,1,4-6,8-11H2,2H3,(H2,17,18,19,20).